The van der Waals surface area contributed by atoms with Gasteiger partial charge in [-0.3, -0.25) is 4.79 Å². The summed E-state index contributed by atoms with van der Waals surface area (Å²) >= 11 is 2.05. The quantitative estimate of drug-likeness (QED) is 0.847. The minimum atomic E-state index is 0. The van der Waals surface area contributed by atoms with Gasteiger partial charge in [0.25, 0.3) is 5.91 Å². The van der Waals surface area contributed by atoms with Gasteiger partial charge in [0.05, 0.1) is 11.7 Å². The lowest BCUT2D eigenvalue weighted by molar-refractivity contribution is 0.0639. The maximum absolute atomic E-state index is 13.2. The molecule has 1 aliphatic carbocycles. The number of nitrogens with one attached hydrogen (secondary N) is 1. The topological polar surface area (TPSA) is 63.1 Å². The lowest BCUT2D eigenvalue weighted by Crippen LogP contribution is -2.51. The number of hydrogen-bond acceptors (Lipinski definition) is 5. The highest BCUT2D eigenvalue weighted by Gasteiger charge is 2.38. The van der Waals surface area contributed by atoms with Gasteiger partial charge in [0, 0.05) is 23.6 Å². The molecule has 2 atom stereocenters. The van der Waals surface area contributed by atoms with E-state index in [2.05, 4.69) is 32.3 Å². The second-order valence-corrected chi connectivity index (χ2v) is 8.56. The Morgan fingerprint density at radius 1 is 1.20 bits per heavy atom. The fourth-order valence-corrected chi connectivity index (χ4v) is 5.86. The number of amides is 1. The Bertz CT molecular complexity index is 602. The molecule has 2 unspecified atom stereocenters. The highest BCUT2D eigenvalue weighted by Crippen LogP contribution is 2.36. The summed E-state index contributed by atoms with van der Waals surface area (Å²) in [7, 11) is 0. The van der Waals surface area contributed by atoms with Gasteiger partial charge in [-0.15, -0.1) is 17.5 Å². The Morgan fingerprint density at radius 3 is 2.76 bits per heavy atom. The predicted molar refractivity (Wildman–Crippen MR) is 103 cm³/mol. The molecule has 2 saturated heterocycles. The van der Waals surface area contributed by atoms with Crippen molar-refractivity contribution >= 4 is 30.1 Å². The van der Waals surface area contributed by atoms with Gasteiger partial charge in [0.2, 0.25) is 0 Å². The average Bonchev–Trinajstić information content (AvgIpc) is 3.03. The highest BCUT2D eigenvalue weighted by molar-refractivity contribution is 8.00. The van der Waals surface area contributed by atoms with E-state index in [4.69, 9.17) is 0 Å². The van der Waals surface area contributed by atoms with E-state index in [1.807, 2.05) is 11.6 Å². The van der Waals surface area contributed by atoms with Crippen LogP contribution in [0.4, 0.5) is 0 Å². The zero-order chi connectivity index (χ0) is 16.5. The molecule has 1 amide bonds. The molecule has 3 heterocycles. The third-order valence-electron chi connectivity index (χ3n) is 5.78. The number of nitrogens with zero attached hydrogens (tertiary/aromatic N) is 4. The van der Waals surface area contributed by atoms with Crippen molar-refractivity contribution in [3.05, 3.63) is 11.4 Å². The molecule has 3 fully saturated rings. The lowest BCUT2D eigenvalue weighted by Gasteiger charge is -2.43. The van der Waals surface area contributed by atoms with E-state index in [1.54, 1.807) is 0 Å². The molecule has 3 aliphatic rings. The number of rotatable bonds is 2. The number of carbonyl (C=O) groups excluding carboxylic acids is 1. The summed E-state index contributed by atoms with van der Waals surface area (Å²) in [5, 5.41) is 12.6. The first-order valence-corrected chi connectivity index (χ1v) is 10.4. The molecule has 1 N–H and O–H groups in total. The summed E-state index contributed by atoms with van der Waals surface area (Å²) in [6, 6.07) is 0.771. The van der Waals surface area contributed by atoms with Crippen LogP contribution in [0.3, 0.4) is 0 Å². The maximum Gasteiger partial charge on any atom is 0.276 e. The van der Waals surface area contributed by atoms with Crippen LogP contribution in [0.5, 0.6) is 0 Å². The molecule has 140 valence electrons. The molecule has 25 heavy (non-hydrogen) atoms. The van der Waals surface area contributed by atoms with Gasteiger partial charge in [-0.2, -0.15) is 11.8 Å². The van der Waals surface area contributed by atoms with Crippen LogP contribution < -0.4 is 5.32 Å². The summed E-state index contributed by atoms with van der Waals surface area (Å²) in [6.07, 6.45) is 7.06. The van der Waals surface area contributed by atoms with Crippen molar-refractivity contribution in [2.75, 3.05) is 25.4 Å². The van der Waals surface area contributed by atoms with Crippen molar-refractivity contribution in [1.29, 1.82) is 0 Å². The van der Waals surface area contributed by atoms with Crippen LogP contribution in [0.2, 0.25) is 0 Å². The van der Waals surface area contributed by atoms with Crippen molar-refractivity contribution in [1.82, 2.24) is 25.2 Å². The Morgan fingerprint density at radius 2 is 1.96 bits per heavy atom. The van der Waals surface area contributed by atoms with E-state index < -0.39 is 0 Å². The fourth-order valence-electron chi connectivity index (χ4n) is 4.42. The standard InChI is InChI=1S/C17H27N5OS.ClH/c1-12-16(19-20-22(12)13-6-8-18-9-7-13)17(23)21-10-11-24-15-5-3-2-4-14(15)21;/h13-15,18H,2-11H2,1H3;1H. The van der Waals surface area contributed by atoms with Crippen LogP contribution in [0.25, 0.3) is 0 Å². The number of fused-ring (bicyclic) bond motifs is 1. The van der Waals surface area contributed by atoms with Gasteiger partial charge < -0.3 is 10.2 Å². The molecule has 0 spiro atoms. The van der Waals surface area contributed by atoms with Crippen molar-refractivity contribution in [3.8, 4) is 0 Å². The van der Waals surface area contributed by atoms with Crippen molar-refractivity contribution in [2.24, 2.45) is 0 Å². The van der Waals surface area contributed by atoms with E-state index >= 15 is 0 Å². The zero-order valence-corrected chi connectivity index (χ0v) is 16.4. The first-order valence-electron chi connectivity index (χ1n) is 9.31. The van der Waals surface area contributed by atoms with Crippen LogP contribution in [0.15, 0.2) is 0 Å². The second kappa shape index (κ2) is 8.27. The van der Waals surface area contributed by atoms with Crippen LogP contribution >= 0.6 is 24.2 Å². The van der Waals surface area contributed by atoms with E-state index in [-0.39, 0.29) is 18.3 Å². The van der Waals surface area contributed by atoms with Crippen LogP contribution in [0.1, 0.15) is 60.7 Å². The minimum absolute atomic E-state index is 0. The lowest BCUT2D eigenvalue weighted by atomic mass is 9.93. The molecule has 4 rings (SSSR count). The van der Waals surface area contributed by atoms with Crippen LogP contribution in [-0.4, -0.2) is 62.5 Å². The Labute approximate surface area is 159 Å². The van der Waals surface area contributed by atoms with Gasteiger partial charge in [0.15, 0.2) is 5.69 Å². The van der Waals surface area contributed by atoms with Crippen LogP contribution in [-0.2, 0) is 0 Å². The first-order chi connectivity index (χ1) is 11.8. The first kappa shape index (κ1) is 19.0. The Kier molecular flexibility index (Phi) is 6.28. The molecular weight excluding hydrogens is 358 g/mol. The monoisotopic (exact) mass is 385 g/mol. The van der Waals surface area contributed by atoms with Gasteiger partial charge in [0.1, 0.15) is 0 Å². The molecule has 1 aromatic rings. The zero-order valence-electron chi connectivity index (χ0n) is 14.8. The Hall–Kier alpha value is -0.790. The second-order valence-electron chi connectivity index (χ2n) is 7.21. The van der Waals surface area contributed by atoms with E-state index in [1.165, 1.54) is 19.3 Å². The molecule has 0 bridgehead atoms. The third kappa shape index (κ3) is 3.69. The van der Waals surface area contributed by atoms with Crippen molar-refractivity contribution in [3.63, 3.8) is 0 Å². The van der Waals surface area contributed by atoms with Crippen molar-refractivity contribution < 1.29 is 4.79 Å². The number of thioether (sulfide) groups is 1. The van der Waals surface area contributed by atoms with Gasteiger partial charge >= 0.3 is 0 Å². The number of hydrogen-bond donors (Lipinski definition) is 1. The van der Waals surface area contributed by atoms with Gasteiger partial charge in [-0.25, -0.2) is 4.68 Å². The normalized spacial score (nSPS) is 27.5. The summed E-state index contributed by atoms with van der Waals surface area (Å²) in [6.45, 7) is 4.89. The molecule has 8 heteroatoms. The molecule has 1 saturated carbocycles. The third-order valence-corrected chi connectivity index (χ3v) is 7.17. The number of halogens is 1. The number of piperidine rings is 1. The van der Waals surface area contributed by atoms with Crippen molar-refractivity contribution in [2.45, 2.75) is 62.8 Å². The fraction of sp³-hybridized carbons (Fsp3) is 0.824. The molecule has 0 aromatic carbocycles. The average molecular weight is 386 g/mol. The van der Waals surface area contributed by atoms with E-state index in [9.17, 15) is 4.79 Å². The summed E-state index contributed by atoms with van der Waals surface area (Å²) in [4.78, 5) is 15.3. The van der Waals surface area contributed by atoms with E-state index in [0.717, 1.165) is 50.3 Å². The van der Waals surface area contributed by atoms with Gasteiger partial charge in [-0.05, 0) is 45.7 Å². The largest absolute Gasteiger partial charge is 0.332 e. The predicted octanol–water partition coefficient (Wildman–Crippen LogP) is 2.43. The molecule has 1 aromatic heterocycles. The maximum atomic E-state index is 13.2. The number of carbonyl (C=O) groups is 1. The highest BCUT2D eigenvalue weighted by atomic mass is 35.5. The molecule has 0 radical (unpaired) electrons. The smallest absolute Gasteiger partial charge is 0.276 e. The number of aromatic nitrogens is 3. The SMILES string of the molecule is Cc1c(C(=O)N2CCSC3CCCCC32)nnn1C1CCNCC1.Cl. The van der Waals surface area contributed by atoms with Gasteiger partial charge in [-0.1, -0.05) is 18.1 Å². The molecule has 6 nitrogen and oxygen atoms in total. The van der Waals surface area contributed by atoms with E-state index in [0.29, 0.717) is 23.0 Å². The Balaban J connectivity index is 0.00000182. The minimum Gasteiger partial charge on any atom is -0.332 e. The molecular formula is C17H28ClN5OS. The summed E-state index contributed by atoms with van der Waals surface area (Å²) < 4.78 is 1.99. The summed E-state index contributed by atoms with van der Waals surface area (Å²) in [5.74, 6) is 1.15. The summed E-state index contributed by atoms with van der Waals surface area (Å²) in [5.41, 5.74) is 1.52. The molecule has 2 aliphatic heterocycles. The van der Waals surface area contributed by atoms with Crippen LogP contribution in [0, 0.1) is 6.92 Å².